The van der Waals surface area contributed by atoms with Crippen molar-refractivity contribution in [1.29, 1.82) is 0 Å². The average Bonchev–Trinajstić information content (AvgIpc) is 2.96. The molecule has 2 unspecified atom stereocenters. The number of carboxylic acid groups (broad SMARTS) is 1. The largest absolute Gasteiger partial charge is 0.494 e. The minimum absolute atomic E-state index is 0.108. The van der Waals surface area contributed by atoms with E-state index >= 15 is 0 Å². The van der Waals surface area contributed by atoms with Gasteiger partial charge in [0.1, 0.15) is 0 Å². The fourth-order valence-electron chi connectivity index (χ4n) is 3.04. The normalized spacial score (nSPS) is 20.2. The number of ether oxygens (including phenoxy) is 2. The summed E-state index contributed by atoms with van der Waals surface area (Å²) in [5.41, 5.74) is 0.403. The fraction of sp³-hybridized carbons (Fsp3) is 0.529. The average molecular weight is 339 g/mol. The van der Waals surface area contributed by atoms with Crippen LogP contribution in [-0.2, 0) is 20.7 Å². The highest BCUT2D eigenvalue weighted by Crippen LogP contribution is 2.25. The molecule has 7 heteroatoms. The summed E-state index contributed by atoms with van der Waals surface area (Å²) in [6.07, 6.45) is 0.569. The number of amides is 1. The third-order valence-corrected chi connectivity index (χ3v) is 4.31. The summed E-state index contributed by atoms with van der Waals surface area (Å²) in [6.45, 7) is 0.369. The van der Waals surface area contributed by atoms with Gasteiger partial charge in [0.25, 0.3) is 0 Å². The SMILES string of the molecule is COc1cccc(CCC(=O)N2CC(OC)CC2CC(=O)O)c1F. The molecular formula is C17H22FNO5. The molecule has 0 bridgehead atoms. The van der Waals surface area contributed by atoms with Gasteiger partial charge >= 0.3 is 5.97 Å². The van der Waals surface area contributed by atoms with E-state index in [-0.39, 0.29) is 43.1 Å². The topological polar surface area (TPSA) is 76.1 Å². The lowest BCUT2D eigenvalue weighted by molar-refractivity contribution is -0.139. The van der Waals surface area contributed by atoms with Crippen molar-refractivity contribution in [2.45, 2.75) is 37.8 Å². The smallest absolute Gasteiger partial charge is 0.305 e. The summed E-state index contributed by atoms with van der Waals surface area (Å²) >= 11 is 0. The van der Waals surface area contributed by atoms with Crippen LogP contribution in [0.2, 0.25) is 0 Å². The number of rotatable bonds is 7. The first-order chi connectivity index (χ1) is 11.5. The van der Waals surface area contributed by atoms with E-state index in [2.05, 4.69) is 0 Å². The quantitative estimate of drug-likeness (QED) is 0.820. The molecule has 0 aliphatic carbocycles. The Kier molecular flexibility index (Phi) is 6.14. The van der Waals surface area contributed by atoms with Gasteiger partial charge in [0.05, 0.1) is 19.6 Å². The van der Waals surface area contributed by atoms with Crippen LogP contribution in [0.15, 0.2) is 18.2 Å². The fourth-order valence-corrected chi connectivity index (χ4v) is 3.04. The van der Waals surface area contributed by atoms with E-state index in [1.165, 1.54) is 13.2 Å². The number of aliphatic carboxylic acids is 1. The van der Waals surface area contributed by atoms with Gasteiger partial charge < -0.3 is 19.5 Å². The first-order valence-electron chi connectivity index (χ1n) is 7.81. The Hall–Kier alpha value is -2.15. The maximum absolute atomic E-state index is 14.1. The summed E-state index contributed by atoms with van der Waals surface area (Å²) in [5.74, 6) is -1.47. The zero-order chi connectivity index (χ0) is 17.7. The second-order valence-electron chi connectivity index (χ2n) is 5.82. The van der Waals surface area contributed by atoms with Crippen molar-refractivity contribution >= 4 is 11.9 Å². The van der Waals surface area contributed by atoms with Crippen molar-refractivity contribution in [2.75, 3.05) is 20.8 Å². The van der Waals surface area contributed by atoms with E-state index in [1.807, 2.05) is 0 Å². The lowest BCUT2D eigenvalue weighted by atomic mass is 10.1. The minimum atomic E-state index is -0.951. The van der Waals surface area contributed by atoms with Crippen LogP contribution in [0.25, 0.3) is 0 Å². The van der Waals surface area contributed by atoms with Gasteiger partial charge in [-0.25, -0.2) is 4.39 Å². The summed E-state index contributed by atoms with van der Waals surface area (Å²) in [7, 11) is 2.93. The Morgan fingerprint density at radius 3 is 2.75 bits per heavy atom. The predicted octanol–water partition coefficient (Wildman–Crippen LogP) is 1.86. The number of likely N-dealkylation sites (tertiary alicyclic amines) is 1. The number of benzene rings is 1. The van der Waals surface area contributed by atoms with Crippen molar-refractivity contribution in [2.24, 2.45) is 0 Å². The van der Waals surface area contributed by atoms with E-state index in [0.29, 0.717) is 18.5 Å². The van der Waals surface area contributed by atoms with E-state index < -0.39 is 11.8 Å². The molecule has 1 aromatic rings. The monoisotopic (exact) mass is 339 g/mol. The van der Waals surface area contributed by atoms with Crippen LogP contribution in [0.5, 0.6) is 5.75 Å². The Labute approximate surface area is 140 Å². The van der Waals surface area contributed by atoms with Crippen molar-refractivity contribution in [1.82, 2.24) is 4.90 Å². The van der Waals surface area contributed by atoms with Gasteiger partial charge in [-0.05, 0) is 24.5 Å². The van der Waals surface area contributed by atoms with Crippen LogP contribution in [0, 0.1) is 5.82 Å². The maximum Gasteiger partial charge on any atom is 0.305 e. The number of nitrogens with zero attached hydrogens (tertiary/aromatic N) is 1. The third kappa shape index (κ3) is 4.23. The van der Waals surface area contributed by atoms with Crippen LogP contribution < -0.4 is 4.74 Å². The molecule has 6 nitrogen and oxygen atoms in total. The van der Waals surface area contributed by atoms with Crippen LogP contribution in [0.4, 0.5) is 4.39 Å². The van der Waals surface area contributed by atoms with Crippen LogP contribution in [-0.4, -0.2) is 54.8 Å². The Morgan fingerprint density at radius 2 is 2.12 bits per heavy atom. The van der Waals surface area contributed by atoms with Gasteiger partial charge in [-0.2, -0.15) is 0 Å². The molecule has 1 fully saturated rings. The Morgan fingerprint density at radius 1 is 1.38 bits per heavy atom. The zero-order valence-corrected chi connectivity index (χ0v) is 13.8. The van der Waals surface area contributed by atoms with Gasteiger partial charge in [-0.15, -0.1) is 0 Å². The predicted molar refractivity (Wildman–Crippen MR) is 84.4 cm³/mol. The second-order valence-corrected chi connectivity index (χ2v) is 5.82. The highest BCUT2D eigenvalue weighted by atomic mass is 19.1. The van der Waals surface area contributed by atoms with Crippen molar-refractivity contribution in [3.05, 3.63) is 29.6 Å². The van der Waals surface area contributed by atoms with Gasteiger partial charge in [0.2, 0.25) is 5.91 Å². The van der Waals surface area contributed by atoms with Crippen LogP contribution in [0.1, 0.15) is 24.8 Å². The molecule has 0 spiro atoms. The van der Waals surface area contributed by atoms with Crippen molar-refractivity contribution < 1.29 is 28.6 Å². The third-order valence-electron chi connectivity index (χ3n) is 4.31. The number of hydrogen-bond acceptors (Lipinski definition) is 4. The molecule has 0 aromatic heterocycles. The van der Waals surface area contributed by atoms with Gasteiger partial charge in [-0.1, -0.05) is 12.1 Å². The lowest BCUT2D eigenvalue weighted by Crippen LogP contribution is -2.37. The van der Waals surface area contributed by atoms with E-state index in [4.69, 9.17) is 14.6 Å². The van der Waals surface area contributed by atoms with Gasteiger partial charge in [0.15, 0.2) is 11.6 Å². The number of carbonyl (C=O) groups excluding carboxylic acids is 1. The summed E-state index contributed by atoms with van der Waals surface area (Å²) in [6, 6.07) is 4.43. The first-order valence-corrected chi connectivity index (χ1v) is 7.81. The molecule has 1 aliphatic rings. The summed E-state index contributed by atoms with van der Waals surface area (Å²) in [4.78, 5) is 25.0. The molecule has 1 amide bonds. The molecule has 1 heterocycles. The molecule has 24 heavy (non-hydrogen) atoms. The highest BCUT2D eigenvalue weighted by Gasteiger charge is 2.36. The van der Waals surface area contributed by atoms with Crippen molar-refractivity contribution in [3.63, 3.8) is 0 Å². The highest BCUT2D eigenvalue weighted by molar-refractivity contribution is 5.78. The minimum Gasteiger partial charge on any atom is -0.494 e. The van der Waals surface area contributed by atoms with E-state index in [1.54, 1.807) is 24.1 Å². The summed E-state index contributed by atoms with van der Waals surface area (Å²) < 4.78 is 24.3. The molecule has 132 valence electrons. The lowest BCUT2D eigenvalue weighted by Gasteiger charge is -2.23. The molecule has 1 aliphatic heterocycles. The number of methoxy groups -OCH3 is 2. The molecule has 0 radical (unpaired) electrons. The molecule has 1 N–H and O–H groups in total. The Balaban J connectivity index is 2.01. The molecule has 1 aromatic carbocycles. The maximum atomic E-state index is 14.1. The van der Waals surface area contributed by atoms with Crippen molar-refractivity contribution in [3.8, 4) is 5.75 Å². The molecule has 2 rings (SSSR count). The number of carbonyl (C=O) groups is 2. The molecule has 1 saturated heterocycles. The number of hydrogen-bond donors (Lipinski definition) is 1. The number of carboxylic acids is 1. The van der Waals surface area contributed by atoms with Crippen LogP contribution >= 0.6 is 0 Å². The van der Waals surface area contributed by atoms with Gasteiger partial charge in [0, 0.05) is 26.1 Å². The standard InChI is InChI=1S/C17H22FNO5/c1-23-13-8-12(9-16(21)22)19(10-13)15(20)7-6-11-4-3-5-14(24-2)17(11)18/h3-5,12-13H,6-10H2,1-2H3,(H,21,22). The number of halogens is 1. The van der Waals surface area contributed by atoms with Crippen LogP contribution in [0.3, 0.4) is 0 Å². The second kappa shape index (κ2) is 8.10. The van der Waals surface area contributed by atoms with E-state index in [0.717, 1.165) is 0 Å². The molecular weight excluding hydrogens is 317 g/mol. The number of aryl methyl sites for hydroxylation is 1. The molecule has 2 atom stereocenters. The van der Waals surface area contributed by atoms with E-state index in [9.17, 15) is 14.0 Å². The summed E-state index contributed by atoms with van der Waals surface area (Å²) in [5, 5.41) is 8.99. The molecule has 0 saturated carbocycles. The van der Waals surface area contributed by atoms with Gasteiger partial charge in [-0.3, -0.25) is 9.59 Å². The Bertz CT molecular complexity index is 607. The zero-order valence-electron chi connectivity index (χ0n) is 13.8. The first kappa shape index (κ1) is 18.2.